The first-order chi connectivity index (χ1) is 4.81. The maximum absolute atomic E-state index is 10.3. The molecule has 0 spiro atoms. The number of carbonyl (C=O) groups is 1. The summed E-state index contributed by atoms with van der Waals surface area (Å²) in [6, 6.07) is 0. The fourth-order valence-corrected chi connectivity index (χ4v) is 0.205. The van der Waals surface area contributed by atoms with Crippen LogP contribution >= 0.6 is 0 Å². The SMILES string of the molecule is C=CC(=O)OC#CC#CC. The molecule has 0 N–H and O–H groups in total. The molecule has 0 saturated heterocycles. The van der Waals surface area contributed by atoms with Crippen molar-refractivity contribution in [1.82, 2.24) is 0 Å². The Morgan fingerprint density at radius 3 is 2.80 bits per heavy atom. The molecule has 0 bridgehead atoms. The Balaban J connectivity index is 3.73. The summed E-state index contributed by atoms with van der Waals surface area (Å²) in [6.07, 6.45) is 3.13. The van der Waals surface area contributed by atoms with Crippen molar-refractivity contribution in [2.45, 2.75) is 6.92 Å². The molecular formula is C8H6O2. The van der Waals surface area contributed by atoms with Gasteiger partial charge in [-0.3, -0.25) is 0 Å². The first-order valence-electron chi connectivity index (χ1n) is 2.56. The molecule has 2 nitrogen and oxygen atoms in total. The molecule has 0 aliphatic heterocycles. The van der Waals surface area contributed by atoms with Gasteiger partial charge in [-0.05, 0) is 12.8 Å². The van der Waals surface area contributed by atoms with E-state index < -0.39 is 5.97 Å². The van der Waals surface area contributed by atoms with E-state index in [2.05, 4.69) is 35.2 Å². The molecule has 0 atom stereocenters. The highest BCUT2D eigenvalue weighted by atomic mass is 16.5. The van der Waals surface area contributed by atoms with E-state index in [0.717, 1.165) is 6.08 Å². The van der Waals surface area contributed by atoms with Gasteiger partial charge in [0.15, 0.2) is 0 Å². The van der Waals surface area contributed by atoms with Gasteiger partial charge in [-0.15, -0.1) is 0 Å². The molecule has 0 aliphatic carbocycles. The Kier molecular flexibility index (Phi) is 4.55. The standard InChI is InChI=1S/C8H6O2/c1-3-5-6-7-10-8(9)4-2/h4H,2H2,1H3. The van der Waals surface area contributed by atoms with Gasteiger partial charge in [0.25, 0.3) is 0 Å². The van der Waals surface area contributed by atoms with E-state index in [4.69, 9.17) is 0 Å². The molecule has 50 valence electrons. The molecule has 2 heteroatoms. The molecule has 0 aliphatic rings. The third-order valence-corrected chi connectivity index (χ3v) is 0.557. The summed E-state index contributed by atoms with van der Waals surface area (Å²) in [5.41, 5.74) is 0. The van der Waals surface area contributed by atoms with Crippen LogP contribution in [0.3, 0.4) is 0 Å². The van der Waals surface area contributed by atoms with Crippen molar-refractivity contribution in [2.24, 2.45) is 0 Å². The lowest BCUT2D eigenvalue weighted by Crippen LogP contribution is -1.91. The summed E-state index contributed by atoms with van der Waals surface area (Å²) < 4.78 is 4.27. The minimum atomic E-state index is -0.564. The molecular weight excluding hydrogens is 128 g/mol. The predicted octanol–water partition coefficient (Wildman–Crippen LogP) is 0.700. The van der Waals surface area contributed by atoms with Gasteiger partial charge in [0.1, 0.15) is 6.11 Å². The average Bonchev–Trinajstić information content (AvgIpc) is 1.98. The van der Waals surface area contributed by atoms with E-state index in [1.807, 2.05) is 0 Å². The smallest absolute Gasteiger partial charge is 0.344 e. The Morgan fingerprint density at radius 1 is 1.60 bits per heavy atom. The summed E-state index contributed by atoms with van der Waals surface area (Å²) in [4.78, 5) is 10.3. The van der Waals surface area contributed by atoms with Crippen LogP contribution in [0.1, 0.15) is 6.92 Å². The lowest BCUT2D eigenvalue weighted by molar-refractivity contribution is -0.131. The van der Waals surface area contributed by atoms with Gasteiger partial charge in [-0.1, -0.05) is 12.5 Å². The molecule has 0 aromatic carbocycles. The highest BCUT2D eigenvalue weighted by molar-refractivity contribution is 5.82. The summed E-state index contributed by atoms with van der Waals surface area (Å²) in [7, 11) is 0. The lowest BCUT2D eigenvalue weighted by atomic mass is 10.6. The molecule has 10 heavy (non-hydrogen) atoms. The van der Waals surface area contributed by atoms with Crippen LogP contribution in [-0.4, -0.2) is 5.97 Å². The second kappa shape index (κ2) is 5.47. The monoisotopic (exact) mass is 134 g/mol. The topological polar surface area (TPSA) is 26.3 Å². The molecule has 0 amide bonds. The van der Waals surface area contributed by atoms with Crippen molar-refractivity contribution in [2.75, 3.05) is 0 Å². The number of ether oxygens (including phenoxy) is 1. The summed E-state index contributed by atoms with van der Waals surface area (Å²) in [5, 5.41) is 0. The molecule has 0 heterocycles. The first-order valence-corrected chi connectivity index (χ1v) is 2.56. The van der Waals surface area contributed by atoms with Crippen LogP contribution in [0, 0.1) is 23.9 Å². The molecule has 0 unspecified atom stereocenters. The fourth-order valence-electron chi connectivity index (χ4n) is 0.205. The number of hydrogen-bond donors (Lipinski definition) is 0. The Labute approximate surface area is 59.9 Å². The molecule has 0 rings (SSSR count). The summed E-state index contributed by atoms with van der Waals surface area (Å²) in [5.74, 6) is 6.66. The van der Waals surface area contributed by atoms with E-state index in [1.54, 1.807) is 6.92 Å². The Hall–Kier alpha value is -1.67. The lowest BCUT2D eigenvalue weighted by Gasteiger charge is -1.81. The molecule has 0 aromatic rings. The van der Waals surface area contributed by atoms with Crippen LogP contribution in [0.2, 0.25) is 0 Å². The predicted molar refractivity (Wildman–Crippen MR) is 37.5 cm³/mol. The Morgan fingerprint density at radius 2 is 2.30 bits per heavy atom. The zero-order chi connectivity index (χ0) is 7.82. The summed E-state index contributed by atoms with van der Waals surface area (Å²) in [6.45, 7) is 4.82. The van der Waals surface area contributed by atoms with Crippen molar-refractivity contribution in [3.63, 3.8) is 0 Å². The van der Waals surface area contributed by atoms with Crippen LogP contribution in [0.5, 0.6) is 0 Å². The van der Waals surface area contributed by atoms with Gasteiger partial charge >= 0.3 is 5.97 Å². The van der Waals surface area contributed by atoms with Gasteiger partial charge in [-0.25, -0.2) is 4.79 Å². The quantitative estimate of drug-likeness (QED) is 0.300. The van der Waals surface area contributed by atoms with Crippen molar-refractivity contribution in [1.29, 1.82) is 0 Å². The number of rotatable bonds is 1. The van der Waals surface area contributed by atoms with Crippen LogP contribution in [0.15, 0.2) is 12.7 Å². The third kappa shape index (κ3) is 4.49. The van der Waals surface area contributed by atoms with Crippen LogP contribution in [0.25, 0.3) is 0 Å². The van der Waals surface area contributed by atoms with Crippen molar-refractivity contribution >= 4 is 5.97 Å². The zero-order valence-corrected chi connectivity index (χ0v) is 5.60. The van der Waals surface area contributed by atoms with E-state index in [0.29, 0.717) is 0 Å². The number of hydrogen-bond acceptors (Lipinski definition) is 2. The highest BCUT2D eigenvalue weighted by Crippen LogP contribution is 1.73. The Bertz CT molecular complexity index is 242. The molecule has 0 aromatic heterocycles. The largest absolute Gasteiger partial charge is 0.368 e. The number of esters is 1. The zero-order valence-electron chi connectivity index (χ0n) is 5.60. The van der Waals surface area contributed by atoms with Crippen molar-refractivity contribution in [3.05, 3.63) is 12.7 Å². The normalized spacial score (nSPS) is 5.70. The highest BCUT2D eigenvalue weighted by Gasteiger charge is 1.86. The maximum atomic E-state index is 10.3. The van der Waals surface area contributed by atoms with E-state index in [9.17, 15) is 4.79 Å². The van der Waals surface area contributed by atoms with Crippen LogP contribution in [-0.2, 0) is 9.53 Å². The van der Waals surface area contributed by atoms with E-state index >= 15 is 0 Å². The van der Waals surface area contributed by atoms with Crippen LogP contribution in [0.4, 0.5) is 0 Å². The van der Waals surface area contributed by atoms with E-state index in [-0.39, 0.29) is 0 Å². The second-order valence-electron chi connectivity index (χ2n) is 1.23. The summed E-state index contributed by atoms with van der Waals surface area (Å²) >= 11 is 0. The maximum Gasteiger partial charge on any atom is 0.344 e. The minimum Gasteiger partial charge on any atom is -0.368 e. The first kappa shape index (κ1) is 8.33. The number of carbonyl (C=O) groups excluding carboxylic acids is 1. The molecule has 0 saturated carbocycles. The average molecular weight is 134 g/mol. The third-order valence-electron chi connectivity index (χ3n) is 0.557. The van der Waals surface area contributed by atoms with Crippen LogP contribution < -0.4 is 0 Å². The van der Waals surface area contributed by atoms with Gasteiger partial charge in [-0.2, -0.15) is 0 Å². The van der Waals surface area contributed by atoms with Gasteiger partial charge in [0.2, 0.25) is 0 Å². The molecule has 0 radical (unpaired) electrons. The second-order valence-corrected chi connectivity index (χ2v) is 1.23. The minimum absolute atomic E-state index is 0.564. The molecule has 0 fully saturated rings. The van der Waals surface area contributed by atoms with E-state index in [1.165, 1.54) is 0 Å². The van der Waals surface area contributed by atoms with Gasteiger partial charge in [0, 0.05) is 12.0 Å². The van der Waals surface area contributed by atoms with Crippen molar-refractivity contribution in [3.8, 4) is 23.9 Å². The van der Waals surface area contributed by atoms with Gasteiger partial charge < -0.3 is 4.74 Å². The van der Waals surface area contributed by atoms with Gasteiger partial charge in [0.05, 0.1) is 0 Å². The fraction of sp³-hybridized carbons (Fsp3) is 0.125. The van der Waals surface area contributed by atoms with Crippen molar-refractivity contribution < 1.29 is 9.53 Å².